The van der Waals surface area contributed by atoms with Crippen molar-refractivity contribution in [2.75, 3.05) is 0 Å². The van der Waals surface area contributed by atoms with Crippen LogP contribution in [0.15, 0.2) is 23.8 Å². The number of hydrogen-bond acceptors (Lipinski definition) is 4. The van der Waals surface area contributed by atoms with Crippen LogP contribution in [0.25, 0.3) is 10.6 Å². The Kier molecular flexibility index (Phi) is 2.60. The first-order valence-corrected chi connectivity index (χ1v) is 5.44. The summed E-state index contributed by atoms with van der Waals surface area (Å²) in [5, 5.41) is 2.66. The summed E-state index contributed by atoms with van der Waals surface area (Å²) in [6.07, 6.45) is 3.53. The second-order valence-electron chi connectivity index (χ2n) is 3.28. The molecule has 2 rings (SSSR count). The maximum absolute atomic E-state index is 11.1. The molecule has 2 aromatic heterocycles. The van der Waals surface area contributed by atoms with Gasteiger partial charge in [-0.1, -0.05) is 0 Å². The third-order valence-electron chi connectivity index (χ3n) is 2.12. The lowest BCUT2D eigenvalue weighted by Crippen LogP contribution is -1.91. The minimum atomic E-state index is 0.00390. The van der Waals surface area contributed by atoms with Gasteiger partial charge in [0.15, 0.2) is 5.78 Å². The van der Waals surface area contributed by atoms with Crippen molar-refractivity contribution in [1.29, 1.82) is 0 Å². The number of thiazole rings is 1. The maximum Gasteiger partial charge on any atom is 0.178 e. The number of rotatable bonds is 2. The Hall–Kier alpha value is -1.55. The molecule has 0 radical (unpaired) electrons. The van der Waals surface area contributed by atoms with Gasteiger partial charge in [0.25, 0.3) is 0 Å². The lowest BCUT2D eigenvalue weighted by Gasteiger charge is -1.99. The topological polar surface area (TPSA) is 42.9 Å². The summed E-state index contributed by atoms with van der Waals surface area (Å²) in [6, 6.07) is 1.91. The monoisotopic (exact) mass is 218 g/mol. The lowest BCUT2D eigenvalue weighted by molar-refractivity contribution is 0.101. The summed E-state index contributed by atoms with van der Waals surface area (Å²) in [5.74, 6) is 0.00390. The van der Waals surface area contributed by atoms with E-state index in [1.807, 2.05) is 13.0 Å². The van der Waals surface area contributed by atoms with Gasteiger partial charge in [0.2, 0.25) is 0 Å². The molecular formula is C11H10N2OS. The second kappa shape index (κ2) is 3.90. The molecule has 0 amide bonds. The molecule has 2 aromatic rings. The zero-order valence-electron chi connectivity index (χ0n) is 8.52. The van der Waals surface area contributed by atoms with Crippen molar-refractivity contribution in [2.45, 2.75) is 13.8 Å². The fraction of sp³-hybridized carbons (Fsp3) is 0.182. The largest absolute Gasteiger partial charge is 0.293 e. The Bertz CT molecular complexity index is 505. The van der Waals surface area contributed by atoms with Crippen molar-refractivity contribution in [3.63, 3.8) is 0 Å². The number of ketones is 1. The van der Waals surface area contributed by atoms with E-state index in [4.69, 9.17) is 0 Å². The average molecular weight is 218 g/mol. The van der Waals surface area contributed by atoms with Crippen LogP contribution in [0.5, 0.6) is 0 Å². The molecule has 0 bridgehead atoms. The first-order chi connectivity index (χ1) is 7.18. The summed E-state index contributed by atoms with van der Waals surface area (Å²) in [7, 11) is 0. The van der Waals surface area contributed by atoms with E-state index in [-0.39, 0.29) is 5.78 Å². The van der Waals surface area contributed by atoms with Crippen molar-refractivity contribution in [3.05, 3.63) is 35.1 Å². The number of pyridine rings is 1. The second-order valence-corrected chi connectivity index (χ2v) is 4.14. The fourth-order valence-electron chi connectivity index (χ4n) is 1.27. The molecule has 15 heavy (non-hydrogen) atoms. The van der Waals surface area contributed by atoms with Crippen LogP contribution < -0.4 is 0 Å². The van der Waals surface area contributed by atoms with E-state index in [0.29, 0.717) is 5.69 Å². The van der Waals surface area contributed by atoms with Gasteiger partial charge < -0.3 is 0 Å². The molecule has 0 N–H and O–H groups in total. The molecule has 0 spiro atoms. The first kappa shape index (κ1) is 9.98. The van der Waals surface area contributed by atoms with Crippen LogP contribution in [0, 0.1) is 6.92 Å². The first-order valence-electron chi connectivity index (χ1n) is 4.56. The zero-order chi connectivity index (χ0) is 10.8. The number of carbonyl (C=O) groups is 1. The minimum Gasteiger partial charge on any atom is -0.293 e. The van der Waals surface area contributed by atoms with Crippen molar-refractivity contribution in [2.24, 2.45) is 0 Å². The van der Waals surface area contributed by atoms with Gasteiger partial charge >= 0.3 is 0 Å². The molecular weight excluding hydrogens is 208 g/mol. The molecule has 0 saturated heterocycles. The number of aromatic nitrogens is 2. The molecule has 0 unspecified atom stereocenters. The van der Waals surface area contributed by atoms with E-state index in [1.54, 1.807) is 17.8 Å². The summed E-state index contributed by atoms with van der Waals surface area (Å²) >= 11 is 1.49. The van der Waals surface area contributed by atoms with Gasteiger partial charge in [0.05, 0.1) is 0 Å². The molecule has 0 fully saturated rings. The predicted octanol–water partition coefficient (Wildman–Crippen LogP) is 2.72. The Labute approximate surface area is 91.8 Å². The fourth-order valence-corrected chi connectivity index (χ4v) is 2.22. The lowest BCUT2D eigenvalue weighted by atomic mass is 10.2. The molecule has 0 saturated carbocycles. The highest BCUT2D eigenvalue weighted by Crippen LogP contribution is 2.25. The van der Waals surface area contributed by atoms with E-state index in [9.17, 15) is 4.79 Å². The predicted molar refractivity (Wildman–Crippen MR) is 60.1 cm³/mol. The number of carbonyl (C=O) groups excluding carboxylic acids is 1. The SMILES string of the molecule is CC(=O)c1csc(-c2ccncc2C)n1. The average Bonchev–Trinajstić information content (AvgIpc) is 2.67. The summed E-state index contributed by atoms with van der Waals surface area (Å²) in [4.78, 5) is 19.4. The van der Waals surface area contributed by atoms with Gasteiger partial charge in [-0.2, -0.15) is 0 Å². The van der Waals surface area contributed by atoms with E-state index in [2.05, 4.69) is 9.97 Å². The number of nitrogens with zero attached hydrogens (tertiary/aromatic N) is 2. The van der Waals surface area contributed by atoms with Crippen LogP contribution in [0.1, 0.15) is 23.0 Å². The molecule has 0 aliphatic carbocycles. The highest BCUT2D eigenvalue weighted by molar-refractivity contribution is 7.13. The van der Waals surface area contributed by atoms with E-state index >= 15 is 0 Å². The van der Waals surface area contributed by atoms with E-state index in [0.717, 1.165) is 16.1 Å². The van der Waals surface area contributed by atoms with Gasteiger partial charge in [-0.25, -0.2) is 4.98 Å². The van der Waals surface area contributed by atoms with Gasteiger partial charge in [-0.05, 0) is 18.6 Å². The Balaban J connectivity index is 2.46. The molecule has 3 nitrogen and oxygen atoms in total. The van der Waals surface area contributed by atoms with Crippen molar-refractivity contribution in [1.82, 2.24) is 9.97 Å². The van der Waals surface area contributed by atoms with Crippen molar-refractivity contribution >= 4 is 17.1 Å². The molecule has 0 atom stereocenters. The number of Topliss-reactive ketones (excluding diaryl/α,β-unsaturated/α-hetero) is 1. The van der Waals surface area contributed by atoms with Gasteiger partial charge in [0, 0.05) is 30.3 Å². The Morgan fingerprint density at radius 3 is 2.87 bits per heavy atom. The van der Waals surface area contributed by atoms with Crippen molar-refractivity contribution in [3.8, 4) is 10.6 Å². The third-order valence-corrected chi connectivity index (χ3v) is 2.99. The molecule has 0 aliphatic heterocycles. The number of aryl methyl sites for hydroxylation is 1. The standard InChI is InChI=1S/C11H10N2OS/c1-7-5-12-4-3-9(7)11-13-10(6-15-11)8(2)14/h3-6H,1-2H3. The molecule has 0 aromatic carbocycles. The molecule has 76 valence electrons. The Morgan fingerprint density at radius 1 is 1.47 bits per heavy atom. The van der Waals surface area contributed by atoms with Crippen LogP contribution in [-0.2, 0) is 0 Å². The van der Waals surface area contributed by atoms with Crippen LogP contribution in [0.4, 0.5) is 0 Å². The third kappa shape index (κ3) is 1.94. The quantitative estimate of drug-likeness (QED) is 0.728. The van der Waals surface area contributed by atoms with Crippen molar-refractivity contribution < 1.29 is 4.79 Å². The van der Waals surface area contributed by atoms with E-state index < -0.39 is 0 Å². The van der Waals surface area contributed by atoms with Gasteiger partial charge in [-0.15, -0.1) is 11.3 Å². The summed E-state index contributed by atoms with van der Waals surface area (Å²) in [5.41, 5.74) is 2.65. The molecule has 0 aliphatic rings. The van der Waals surface area contributed by atoms with Gasteiger partial charge in [0.1, 0.15) is 10.7 Å². The summed E-state index contributed by atoms with van der Waals surface area (Å²) < 4.78 is 0. The molecule has 2 heterocycles. The van der Waals surface area contributed by atoms with E-state index in [1.165, 1.54) is 18.3 Å². The van der Waals surface area contributed by atoms with Gasteiger partial charge in [-0.3, -0.25) is 9.78 Å². The normalized spacial score (nSPS) is 10.3. The highest BCUT2D eigenvalue weighted by atomic mass is 32.1. The van der Waals surface area contributed by atoms with Crippen LogP contribution in [0.3, 0.4) is 0 Å². The van der Waals surface area contributed by atoms with Crippen LogP contribution in [-0.4, -0.2) is 15.8 Å². The number of hydrogen-bond donors (Lipinski definition) is 0. The zero-order valence-corrected chi connectivity index (χ0v) is 9.34. The highest BCUT2D eigenvalue weighted by Gasteiger charge is 2.09. The minimum absolute atomic E-state index is 0.00390. The van der Waals surface area contributed by atoms with Crippen LogP contribution in [0.2, 0.25) is 0 Å². The molecule has 4 heteroatoms. The summed E-state index contributed by atoms with van der Waals surface area (Å²) in [6.45, 7) is 3.51. The Morgan fingerprint density at radius 2 is 2.27 bits per heavy atom. The smallest absolute Gasteiger partial charge is 0.178 e. The maximum atomic E-state index is 11.1. The van der Waals surface area contributed by atoms with Crippen LogP contribution >= 0.6 is 11.3 Å².